The highest BCUT2D eigenvalue weighted by Gasteiger charge is 2.20. The summed E-state index contributed by atoms with van der Waals surface area (Å²) in [6.45, 7) is 4.61. The fourth-order valence-electron chi connectivity index (χ4n) is 2.50. The van der Waals surface area contributed by atoms with Gasteiger partial charge in [0.25, 0.3) is 0 Å². The highest BCUT2D eigenvalue weighted by atomic mass is 16.7. The van der Waals surface area contributed by atoms with Gasteiger partial charge in [0.1, 0.15) is 0 Å². The Morgan fingerprint density at radius 1 is 1.32 bits per heavy atom. The van der Waals surface area contributed by atoms with Crippen molar-refractivity contribution in [3.8, 4) is 11.5 Å². The van der Waals surface area contributed by atoms with Gasteiger partial charge in [-0.1, -0.05) is 19.9 Å². The smallest absolute Gasteiger partial charge is 0.303 e. The number of ether oxygens (including phenoxy) is 2. The van der Waals surface area contributed by atoms with Crippen molar-refractivity contribution in [2.75, 3.05) is 6.79 Å². The number of hydrogen-bond donors (Lipinski definition) is 1. The van der Waals surface area contributed by atoms with E-state index in [-0.39, 0.29) is 13.2 Å². The molecule has 0 aromatic heterocycles. The molecule has 0 saturated heterocycles. The van der Waals surface area contributed by atoms with E-state index in [1.165, 1.54) is 5.56 Å². The van der Waals surface area contributed by atoms with Crippen LogP contribution < -0.4 is 9.47 Å². The Hall–Kier alpha value is -1.71. The second kappa shape index (κ2) is 5.95. The predicted octanol–water partition coefficient (Wildman–Crippen LogP) is 3.41. The van der Waals surface area contributed by atoms with Crippen LogP contribution in [0.3, 0.4) is 0 Å². The van der Waals surface area contributed by atoms with Crippen LogP contribution in [-0.2, 0) is 4.79 Å². The summed E-state index contributed by atoms with van der Waals surface area (Å²) in [5, 5.41) is 8.73. The molecule has 1 aromatic rings. The predicted molar refractivity (Wildman–Crippen MR) is 71.6 cm³/mol. The number of benzene rings is 1. The lowest BCUT2D eigenvalue weighted by atomic mass is 9.84. The highest BCUT2D eigenvalue weighted by molar-refractivity contribution is 5.66. The van der Waals surface area contributed by atoms with Gasteiger partial charge in [0.2, 0.25) is 6.79 Å². The number of fused-ring (bicyclic) bond motifs is 1. The van der Waals surface area contributed by atoms with Gasteiger partial charge in [-0.25, -0.2) is 0 Å². The van der Waals surface area contributed by atoms with Gasteiger partial charge in [0, 0.05) is 6.42 Å². The van der Waals surface area contributed by atoms with Gasteiger partial charge in [-0.05, 0) is 42.4 Å². The average molecular weight is 264 g/mol. The molecule has 1 aliphatic rings. The average Bonchev–Trinajstić information content (AvgIpc) is 2.80. The molecule has 4 heteroatoms. The first-order chi connectivity index (χ1) is 9.08. The van der Waals surface area contributed by atoms with Crippen molar-refractivity contribution in [1.29, 1.82) is 0 Å². The highest BCUT2D eigenvalue weighted by Crippen LogP contribution is 2.38. The van der Waals surface area contributed by atoms with Crippen molar-refractivity contribution in [3.63, 3.8) is 0 Å². The van der Waals surface area contributed by atoms with E-state index in [0.717, 1.165) is 17.9 Å². The zero-order valence-electron chi connectivity index (χ0n) is 11.4. The minimum Gasteiger partial charge on any atom is -0.481 e. The molecule has 0 aliphatic carbocycles. The zero-order chi connectivity index (χ0) is 13.8. The molecule has 0 fully saturated rings. The monoisotopic (exact) mass is 264 g/mol. The van der Waals surface area contributed by atoms with Crippen LogP contribution in [0.15, 0.2) is 18.2 Å². The molecule has 1 N–H and O–H groups in total. The van der Waals surface area contributed by atoms with E-state index >= 15 is 0 Å². The van der Waals surface area contributed by atoms with Gasteiger partial charge in [-0.2, -0.15) is 0 Å². The minimum atomic E-state index is -0.729. The van der Waals surface area contributed by atoms with Crippen molar-refractivity contribution in [1.82, 2.24) is 0 Å². The lowest BCUT2D eigenvalue weighted by Gasteiger charge is -2.21. The largest absolute Gasteiger partial charge is 0.481 e. The second-order valence-corrected chi connectivity index (χ2v) is 5.25. The molecule has 1 unspecified atom stereocenters. The van der Waals surface area contributed by atoms with Crippen LogP contribution in [0.2, 0.25) is 0 Å². The first-order valence-corrected chi connectivity index (χ1v) is 6.69. The molecule has 0 spiro atoms. The Morgan fingerprint density at radius 3 is 2.74 bits per heavy atom. The van der Waals surface area contributed by atoms with E-state index in [1.54, 1.807) is 0 Å². The van der Waals surface area contributed by atoms with Crippen LogP contribution in [0.5, 0.6) is 11.5 Å². The second-order valence-electron chi connectivity index (χ2n) is 5.25. The lowest BCUT2D eigenvalue weighted by Crippen LogP contribution is -2.08. The van der Waals surface area contributed by atoms with Gasteiger partial charge < -0.3 is 14.6 Å². The maximum absolute atomic E-state index is 10.6. The number of carbonyl (C=O) groups is 1. The third-order valence-electron chi connectivity index (χ3n) is 3.54. The molecular weight excluding hydrogens is 244 g/mol. The standard InChI is InChI=1S/C15H20O4/c1-10(2)12(4-3-5-15(16)17)11-6-7-13-14(8-11)19-9-18-13/h6-8,10,12H,3-5,9H2,1-2H3,(H,16,17). The van der Waals surface area contributed by atoms with Crippen LogP contribution >= 0.6 is 0 Å². The Morgan fingerprint density at radius 2 is 2.05 bits per heavy atom. The molecule has 4 nitrogen and oxygen atoms in total. The topological polar surface area (TPSA) is 55.8 Å². The van der Waals surface area contributed by atoms with Crippen LogP contribution in [0.4, 0.5) is 0 Å². The minimum absolute atomic E-state index is 0.230. The molecule has 0 saturated carbocycles. The summed E-state index contributed by atoms with van der Waals surface area (Å²) >= 11 is 0. The molecule has 2 rings (SSSR count). The van der Waals surface area contributed by atoms with Gasteiger partial charge >= 0.3 is 5.97 Å². The number of carboxylic acid groups (broad SMARTS) is 1. The molecule has 19 heavy (non-hydrogen) atoms. The van der Waals surface area contributed by atoms with Crippen LogP contribution in [0.1, 0.15) is 44.6 Å². The van der Waals surface area contributed by atoms with Gasteiger partial charge in [-0.3, -0.25) is 4.79 Å². The van der Waals surface area contributed by atoms with Crippen molar-refractivity contribution in [3.05, 3.63) is 23.8 Å². The molecule has 0 amide bonds. The van der Waals surface area contributed by atoms with Crippen molar-refractivity contribution in [2.24, 2.45) is 5.92 Å². The summed E-state index contributed by atoms with van der Waals surface area (Å²) in [5.74, 6) is 1.68. The maximum Gasteiger partial charge on any atom is 0.303 e. The fourth-order valence-corrected chi connectivity index (χ4v) is 2.50. The molecular formula is C15H20O4. The zero-order valence-corrected chi connectivity index (χ0v) is 11.4. The van der Waals surface area contributed by atoms with E-state index in [9.17, 15) is 4.79 Å². The van der Waals surface area contributed by atoms with Crippen molar-refractivity contribution < 1.29 is 19.4 Å². The molecule has 1 atom stereocenters. The summed E-state index contributed by atoms with van der Waals surface area (Å²) in [6.07, 6.45) is 1.81. The van der Waals surface area contributed by atoms with Crippen molar-refractivity contribution >= 4 is 5.97 Å². The van der Waals surface area contributed by atoms with Gasteiger partial charge in [0.15, 0.2) is 11.5 Å². The van der Waals surface area contributed by atoms with Crippen LogP contribution in [0.25, 0.3) is 0 Å². The first-order valence-electron chi connectivity index (χ1n) is 6.69. The third kappa shape index (κ3) is 3.40. The Labute approximate surface area is 113 Å². The summed E-state index contributed by atoms with van der Waals surface area (Å²) in [4.78, 5) is 10.6. The molecule has 0 bridgehead atoms. The van der Waals surface area contributed by atoms with E-state index in [1.807, 2.05) is 12.1 Å². The van der Waals surface area contributed by atoms with Crippen LogP contribution in [-0.4, -0.2) is 17.9 Å². The van der Waals surface area contributed by atoms with E-state index in [0.29, 0.717) is 18.3 Å². The fraction of sp³-hybridized carbons (Fsp3) is 0.533. The number of hydrogen-bond acceptors (Lipinski definition) is 3. The number of carboxylic acids is 1. The molecule has 0 radical (unpaired) electrons. The van der Waals surface area contributed by atoms with Gasteiger partial charge in [-0.15, -0.1) is 0 Å². The quantitative estimate of drug-likeness (QED) is 0.855. The van der Waals surface area contributed by atoms with E-state index < -0.39 is 5.97 Å². The summed E-state index contributed by atoms with van der Waals surface area (Å²) in [6, 6.07) is 6.01. The first kappa shape index (κ1) is 13.7. The summed E-state index contributed by atoms with van der Waals surface area (Å²) in [5.41, 5.74) is 1.20. The maximum atomic E-state index is 10.6. The Balaban J connectivity index is 2.08. The molecule has 1 aliphatic heterocycles. The Bertz CT molecular complexity index is 453. The van der Waals surface area contributed by atoms with E-state index in [4.69, 9.17) is 14.6 Å². The van der Waals surface area contributed by atoms with Crippen LogP contribution in [0, 0.1) is 5.92 Å². The van der Waals surface area contributed by atoms with Gasteiger partial charge in [0.05, 0.1) is 0 Å². The molecule has 1 heterocycles. The number of aliphatic carboxylic acids is 1. The summed E-state index contributed by atoms with van der Waals surface area (Å²) in [7, 11) is 0. The van der Waals surface area contributed by atoms with E-state index in [2.05, 4.69) is 19.9 Å². The van der Waals surface area contributed by atoms with Crippen molar-refractivity contribution in [2.45, 2.75) is 39.0 Å². The molecule has 104 valence electrons. The number of rotatable bonds is 6. The summed E-state index contributed by atoms with van der Waals surface area (Å²) < 4.78 is 10.7. The third-order valence-corrected chi connectivity index (χ3v) is 3.54. The normalized spacial score (nSPS) is 14.7. The Kier molecular flexibility index (Phi) is 4.30. The lowest BCUT2D eigenvalue weighted by molar-refractivity contribution is -0.137. The SMILES string of the molecule is CC(C)C(CCCC(=O)O)c1ccc2c(c1)OCO2. The molecule has 1 aromatic carbocycles.